The van der Waals surface area contributed by atoms with E-state index in [4.69, 9.17) is 9.47 Å². The van der Waals surface area contributed by atoms with Gasteiger partial charge in [-0.1, -0.05) is 278 Å². The summed E-state index contributed by atoms with van der Waals surface area (Å²) in [6.07, 6.45) is 56.9. The van der Waals surface area contributed by atoms with Crippen molar-refractivity contribution in [1.29, 1.82) is 0 Å². The lowest BCUT2D eigenvalue weighted by Crippen LogP contribution is -2.37. The summed E-state index contributed by atoms with van der Waals surface area (Å²) in [5, 5.41) is 0. The molecule has 10 nitrogen and oxygen atoms in total. The van der Waals surface area contributed by atoms with E-state index in [2.05, 4.69) is 20.8 Å². The van der Waals surface area contributed by atoms with E-state index in [9.17, 15) is 24.0 Å². The average Bonchev–Trinajstić information content (AvgIpc) is 3.39. The zero-order valence-electron chi connectivity index (χ0n) is 49.9. The normalized spacial score (nSPS) is 11.3. The Morgan fingerprint density at radius 2 is 0.459 bits per heavy atom. The van der Waals surface area contributed by atoms with Crippen LogP contribution in [0.4, 0.5) is 0 Å². The van der Waals surface area contributed by atoms with E-state index >= 15 is 0 Å². The molecule has 0 aliphatic carbocycles. The monoisotopic (exact) mass is 1050 g/mol. The summed E-state index contributed by atoms with van der Waals surface area (Å²) in [6.45, 7) is 7.82. The van der Waals surface area contributed by atoms with Crippen LogP contribution >= 0.6 is 0 Å². The second-order valence-electron chi connectivity index (χ2n) is 22.3. The lowest BCUT2D eigenvalue weighted by molar-refractivity contribution is -0.148. The van der Waals surface area contributed by atoms with Crippen LogP contribution in [-0.2, 0) is 33.4 Å². The van der Waals surface area contributed by atoms with Crippen LogP contribution in [0.25, 0.3) is 0 Å². The van der Waals surface area contributed by atoms with Crippen LogP contribution < -0.4 is 0 Å². The third-order valence-corrected chi connectivity index (χ3v) is 15.2. The van der Waals surface area contributed by atoms with Crippen molar-refractivity contribution < 1.29 is 33.4 Å². The van der Waals surface area contributed by atoms with Crippen molar-refractivity contribution >= 4 is 29.7 Å². The maximum absolute atomic E-state index is 13.2. The fourth-order valence-electron chi connectivity index (χ4n) is 9.94. The predicted octanol–water partition coefficient (Wildman–Crippen LogP) is 17.6. The van der Waals surface area contributed by atoms with Gasteiger partial charge in [0.2, 0.25) is 17.7 Å². The summed E-state index contributed by atoms with van der Waals surface area (Å²) in [5.41, 5.74) is 0. The van der Waals surface area contributed by atoms with Crippen LogP contribution in [0, 0.1) is 0 Å². The average molecular weight is 1050 g/mol. The third-order valence-electron chi connectivity index (χ3n) is 15.2. The van der Waals surface area contributed by atoms with Crippen molar-refractivity contribution in [2.75, 3.05) is 53.5 Å². The molecule has 0 atom stereocenters. The molecule has 3 amide bonds. The summed E-state index contributed by atoms with van der Waals surface area (Å²) in [6, 6.07) is 0. The Hall–Kier alpha value is -2.65. The van der Waals surface area contributed by atoms with Crippen molar-refractivity contribution in [1.82, 2.24) is 14.7 Å². The number of esters is 2. The first kappa shape index (κ1) is 71.3. The van der Waals surface area contributed by atoms with E-state index in [1.54, 1.807) is 28.8 Å². The Morgan fingerprint density at radius 1 is 0.257 bits per heavy atom. The second-order valence-corrected chi connectivity index (χ2v) is 22.3. The molecule has 10 heteroatoms. The zero-order chi connectivity index (χ0) is 54.2. The number of amides is 3. The van der Waals surface area contributed by atoms with Crippen LogP contribution in [0.2, 0.25) is 0 Å². The number of carbonyl (C=O) groups is 5. The summed E-state index contributed by atoms with van der Waals surface area (Å²) in [4.78, 5) is 68.8. The summed E-state index contributed by atoms with van der Waals surface area (Å²) < 4.78 is 11.0. The molecule has 0 aliphatic rings. The van der Waals surface area contributed by atoms with Crippen molar-refractivity contribution in [3.8, 4) is 0 Å². The number of ether oxygens (including phenoxy) is 2. The SMILES string of the molecule is CCCCCCCCCCCCCCCCCCCCCC(=O)N(C)CCC(=O)OCCN(CCOC(=O)CCN(C)C(=O)CCCCCCCCCCCCCCCCCCCCC)C(=O)CCCCCCC. The number of hydrogen-bond acceptors (Lipinski definition) is 7. The van der Waals surface area contributed by atoms with Gasteiger partial charge in [0.25, 0.3) is 0 Å². The van der Waals surface area contributed by atoms with Crippen LogP contribution in [0.3, 0.4) is 0 Å². The zero-order valence-corrected chi connectivity index (χ0v) is 49.9. The lowest BCUT2D eigenvalue weighted by Gasteiger charge is -2.23. The van der Waals surface area contributed by atoms with E-state index in [-0.39, 0.29) is 56.9 Å². The van der Waals surface area contributed by atoms with Gasteiger partial charge in [0.05, 0.1) is 25.9 Å². The number of unbranched alkanes of at least 4 members (excludes halogenated alkanes) is 40. The molecule has 0 saturated carbocycles. The highest BCUT2D eigenvalue weighted by Gasteiger charge is 2.17. The Kier molecular flexibility index (Phi) is 54.5. The summed E-state index contributed by atoms with van der Waals surface area (Å²) >= 11 is 0. The van der Waals surface area contributed by atoms with Gasteiger partial charge in [-0.15, -0.1) is 0 Å². The first-order valence-corrected chi connectivity index (χ1v) is 32.2. The lowest BCUT2D eigenvalue weighted by atomic mass is 10.0. The Labute approximate surface area is 458 Å². The minimum absolute atomic E-state index is 0.0395. The topological polar surface area (TPSA) is 114 Å². The number of rotatable bonds is 58. The Bertz CT molecular complexity index is 1200. The molecule has 0 radical (unpaired) electrons. The third kappa shape index (κ3) is 50.2. The molecule has 0 spiro atoms. The standard InChI is InChI=1S/C64H123N3O7/c1-6-9-12-15-17-19-21-23-25-27-29-31-33-35-37-39-41-44-46-49-60(68)65(4)54-52-63(71)73-58-56-67(62(70)51-48-43-14-11-8-3)57-59-74-64(72)53-55-66(5)61(69)50-47-45-42-40-38-36-34-32-30-28-26-24-22-20-18-16-13-10-7-2/h6-59H2,1-5H3. The number of nitrogens with zero attached hydrogens (tertiary/aromatic N) is 3. The van der Waals surface area contributed by atoms with Gasteiger partial charge < -0.3 is 24.2 Å². The molecule has 0 bridgehead atoms. The number of hydrogen-bond donors (Lipinski definition) is 0. The fraction of sp³-hybridized carbons (Fsp3) is 0.922. The smallest absolute Gasteiger partial charge is 0.307 e. The van der Waals surface area contributed by atoms with Crippen LogP contribution in [0.15, 0.2) is 0 Å². The molecule has 0 N–H and O–H groups in total. The summed E-state index contributed by atoms with van der Waals surface area (Å²) in [7, 11) is 3.49. The van der Waals surface area contributed by atoms with E-state index in [1.165, 1.54) is 218 Å². The molecular weight excluding hydrogens is 923 g/mol. The van der Waals surface area contributed by atoms with Gasteiger partial charge in [0.1, 0.15) is 13.2 Å². The molecule has 0 fully saturated rings. The van der Waals surface area contributed by atoms with Gasteiger partial charge in [-0.2, -0.15) is 0 Å². The molecule has 0 aromatic carbocycles. The van der Waals surface area contributed by atoms with Crippen LogP contribution in [-0.4, -0.2) is 97.8 Å². The molecule has 0 aromatic rings. The van der Waals surface area contributed by atoms with E-state index < -0.39 is 11.9 Å². The van der Waals surface area contributed by atoms with Crippen LogP contribution in [0.5, 0.6) is 0 Å². The highest BCUT2D eigenvalue weighted by Crippen LogP contribution is 2.18. The maximum Gasteiger partial charge on any atom is 0.307 e. The van der Waals surface area contributed by atoms with Gasteiger partial charge in [0, 0.05) is 46.4 Å². The molecule has 436 valence electrons. The molecule has 74 heavy (non-hydrogen) atoms. The fourth-order valence-corrected chi connectivity index (χ4v) is 9.94. The summed E-state index contributed by atoms with van der Waals surface area (Å²) in [5.74, 6) is -0.742. The van der Waals surface area contributed by atoms with Crippen molar-refractivity contribution in [3.05, 3.63) is 0 Å². The van der Waals surface area contributed by atoms with Gasteiger partial charge in [-0.3, -0.25) is 24.0 Å². The molecule has 0 saturated heterocycles. The van der Waals surface area contributed by atoms with Crippen molar-refractivity contribution in [3.63, 3.8) is 0 Å². The molecule has 0 unspecified atom stereocenters. The Morgan fingerprint density at radius 3 is 0.689 bits per heavy atom. The first-order chi connectivity index (χ1) is 36.2. The van der Waals surface area contributed by atoms with Gasteiger partial charge in [-0.05, 0) is 19.3 Å². The van der Waals surface area contributed by atoms with Crippen molar-refractivity contribution in [2.24, 2.45) is 0 Å². The minimum Gasteiger partial charge on any atom is -0.464 e. The molecule has 0 rings (SSSR count). The van der Waals surface area contributed by atoms with E-state index in [0.29, 0.717) is 32.4 Å². The highest BCUT2D eigenvalue weighted by molar-refractivity contribution is 5.78. The molecule has 0 heterocycles. The van der Waals surface area contributed by atoms with Crippen molar-refractivity contribution in [2.45, 2.75) is 329 Å². The predicted molar refractivity (Wildman–Crippen MR) is 312 cm³/mol. The molecule has 0 aliphatic heterocycles. The highest BCUT2D eigenvalue weighted by atomic mass is 16.5. The number of carbonyl (C=O) groups excluding carboxylic acids is 5. The Balaban J connectivity index is 4.17. The van der Waals surface area contributed by atoms with Gasteiger partial charge in [0.15, 0.2) is 0 Å². The minimum atomic E-state index is -0.402. The van der Waals surface area contributed by atoms with Gasteiger partial charge in [-0.25, -0.2) is 0 Å². The maximum atomic E-state index is 13.2. The quantitative estimate of drug-likeness (QED) is 0.0440. The molecule has 0 aromatic heterocycles. The second kappa shape index (κ2) is 56.6. The molecular formula is C64H123N3O7. The van der Waals surface area contributed by atoms with E-state index in [1.807, 2.05) is 0 Å². The van der Waals surface area contributed by atoms with Crippen LogP contribution in [0.1, 0.15) is 329 Å². The first-order valence-electron chi connectivity index (χ1n) is 32.2. The largest absolute Gasteiger partial charge is 0.464 e. The van der Waals surface area contributed by atoms with Gasteiger partial charge >= 0.3 is 11.9 Å². The van der Waals surface area contributed by atoms with E-state index in [0.717, 1.165) is 57.8 Å².